The topological polar surface area (TPSA) is 84.2 Å². The first kappa shape index (κ1) is 14.7. The average molecular weight is 296 g/mol. The standard InChI is InChI=1S/C14H18ClN3O2/c15-11-4-1-3-10-9(11)6-7-12(10)18-14(20)17-8-2-5-13(16)19/h1,3-4,12H,2,5-8H2,(H2,16,19)(H2,17,18,20)/t12-/m1/s1. The van der Waals surface area contributed by atoms with Gasteiger partial charge in [-0.3, -0.25) is 4.79 Å². The minimum Gasteiger partial charge on any atom is -0.370 e. The van der Waals surface area contributed by atoms with Crippen LogP contribution in [0.4, 0.5) is 4.79 Å². The summed E-state index contributed by atoms with van der Waals surface area (Å²) >= 11 is 6.13. The summed E-state index contributed by atoms with van der Waals surface area (Å²) in [7, 11) is 0. The summed E-state index contributed by atoms with van der Waals surface area (Å²) in [6.45, 7) is 0.434. The minimum absolute atomic E-state index is 0.000148. The number of urea groups is 1. The van der Waals surface area contributed by atoms with Gasteiger partial charge in [-0.15, -0.1) is 0 Å². The van der Waals surface area contributed by atoms with Crippen LogP contribution >= 0.6 is 11.6 Å². The van der Waals surface area contributed by atoms with E-state index in [2.05, 4.69) is 10.6 Å². The molecule has 0 unspecified atom stereocenters. The summed E-state index contributed by atoms with van der Waals surface area (Å²) in [5, 5.41) is 6.40. The molecule has 1 aromatic carbocycles. The van der Waals surface area contributed by atoms with E-state index in [-0.39, 0.29) is 24.4 Å². The Morgan fingerprint density at radius 1 is 1.40 bits per heavy atom. The molecule has 0 saturated heterocycles. The highest BCUT2D eigenvalue weighted by Gasteiger charge is 2.25. The largest absolute Gasteiger partial charge is 0.370 e. The van der Waals surface area contributed by atoms with Crippen LogP contribution in [0.15, 0.2) is 18.2 Å². The van der Waals surface area contributed by atoms with Crippen LogP contribution < -0.4 is 16.4 Å². The molecule has 2 rings (SSSR count). The maximum absolute atomic E-state index is 11.8. The van der Waals surface area contributed by atoms with Gasteiger partial charge in [0, 0.05) is 18.0 Å². The molecule has 0 aromatic heterocycles. The molecule has 5 nitrogen and oxygen atoms in total. The fourth-order valence-corrected chi connectivity index (χ4v) is 2.71. The molecule has 4 N–H and O–H groups in total. The van der Waals surface area contributed by atoms with Crippen molar-refractivity contribution in [1.82, 2.24) is 10.6 Å². The number of hydrogen-bond donors (Lipinski definition) is 3. The Hall–Kier alpha value is -1.75. The molecule has 1 atom stereocenters. The van der Waals surface area contributed by atoms with E-state index >= 15 is 0 Å². The first-order valence-corrected chi connectivity index (χ1v) is 7.05. The van der Waals surface area contributed by atoms with Crippen molar-refractivity contribution in [3.63, 3.8) is 0 Å². The van der Waals surface area contributed by atoms with E-state index in [4.69, 9.17) is 17.3 Å². The van der Waals surface area contributed by atoms with Crippen molar-refractivity contribution in [2.24, 2.45) is 5.73 Å². The molecule has 1 aliphatic rings. The molecular formula is C14H18ClN3O2. The number of amides is 3. The van der Waals surface area contributed by atoms with Crippen LogP contribution in [0.1, 0.15) is 36.4 Å². The van der Waals surface area contributed by atoms with Gasteiger partial charge >= 0.3 is 6.03 Å². The first-order valence-electron chi connectivity index (χ1n) is 6.68. The van der Waals surface area contributed by atoms with Gasteiger partial charge in [0.15, 0.2) is 0 Å². The second-order valence-electron chi connectivity index (χ2n) is 4.87. The third-order valence-corrected chi connectivity index (χ3v) is 3.76. The van der Waals surface area contributed by atoms with Crippen molar-refractivity contribution < 1.29 is 9.59 Å². The highest BCUT2D eigenvalue weighted by molar-refractivity contribution is 6.31. The molecule has 20 heavy (non-hydrogen) atoms. The van der Waals surface area contributed by atoms with Crippen LogP contribution in [0.3, 0.4) is 0 Å². The normalized spacial score (nSPS) is 16.6. The van der Waals surface area contributed by atoms with E-state index in [1.54, 1.807) is 0 Å². The summed E-state index contributed by atoms with van der Waals surface area (Å²) in [6.07, 6.45) is 2.56. The minimum atomic E-state index is -0.355. The molecule has 3 amide bonds. The molecule has 6 heteroatoms. The van der Waals surface area contributed by atoms with Crippen molar-refractivity contribution >= 4 is 23.5 Å². The van der Waals surface area contributed by atoms with Crippen LogP contribution in [-0.4, -0.2) is 18.5 Å². The lowest BCUT2D eigenvalue weighted by Gasteiger charge is -2.15. The van der Waals surface area contributed by atoms with Crippen molar-refractivity contribution in [1.29, 1.82) is 0 Å². The van der Waals surface area contributed by atoms with E-state index in [0.717, 1.165) is 29.0 Å². The molecule has 0 fully saturated rings. The van der Waals surface area contributed by atoms with Gasteiger partial charge in [-0.25, -0.2) is 4.79 Å². The van der Waals surface area contributed by atoms with Crippen molar-refractivity contribution in [3.8, 4) is 0 Å². The van der Waals surface area contributed by atoms with Crippen LogP contribution in [0.25, 0.3) is 0 Å². The zero-order valence-corrected chi connectivity index (χ0v) is 11.9. The summed E-state index contributed by atoms with van der Waals surface area (Å²) in [5.74, 6) is -0.355. The monoisotopic (exact) mass is 295 g/mol. The molecule has 0 aliphatic heterocycles. The second-order valence-corrected chi connectivity index (χ2v) is 5.28. The van der Waals surface area contributed by atoms with Gasteiger partial charge in [-0.05, 0) is 36.5 Å². The molecule has 0 saturated carbocycles. The van der Waals surface area contributed by atoms with Gasteiger partial charge in [0.1, 0.15) is 0 Å². The summed E-state index contributed by atoms with van der Waals surface area (Å²) in [5.41, 5.74) is 7.24. The number of nitrogens with one attached hydrogen (secondary N) is 2. The Kier molecular flexibility index (Phi) is 4.84. The Bertz CT molecular complexity index is 519. The first-order chi connectivity index (χ1) is 9.58. The fourth-order valence-electron chi connectivity index (χ4n) is 2.43. The number of nitrogens with two attached hydrogens (primary N) is 1. The number of fused-ring (bicyclic) bond motifs is 1. The van der Waals surface area contributed by atoms with Crippen LogP contribution in [0.2, 0.25) is 5.02 Å². The maximum Gasteiger partial charge on any atom is 0.315 e. The van der Waals surface area contributed by atoms with Crippen LogP contribution in [0, 0.1) is 0 Å². The van der Waals surface area contributed by atoms with E-state index < -0.39 is 0 Å². The van der Waals surface area contributed by atoms with E-state index in [0.29, 0.717) is 13.0 Å². The zero-order valence-electron chi connectivity index (χ0n) is 11.1. The number of halogens is 1. The van der Waals surface area contributed by atoms with Crippen LogP contribution in [0.5, 0.6) is 0 Å². The number of carbonyl (C=O) groups excluding carboxylic acids is 2. The number of benzene rings is 1. The SMILES string of the molecule is NC(=O)CCCNC(=O)N[C@@H]1CCc2c(Cl)cccc21. The molecular weight excluding hydrogens is 278 g/mol. The van der Waals surface area contributed by atoms with Crippen molar-refractivity contribution in [2.75, 3.05) is 6.54 Å². The van der Waals surface area contributed by atoms with E-state index in [1.807, 2.05) is 18.2 Å². The van der Waals surface area contributed by atoms with Gasteiger partial charge in [-0.2, -0.15) is 0 Å². The fraction of sp³-hybridized carbons (Fsp3) is 0.429. The lowest BCUT2D eigenvalue weighted by atomic mass is 10.1. The highest BCUT2D eigenvalue weighted by atomic mass is 35.5. The van der Waals surface area contributed by atoms with Crippen LogP contribution in [-0.2, 0) is 11.2 Å². The van der Waals surface area contributed by atoms with E-state index in [9.17, 15) is 9.59 Å². The Labute approximate surface area is 122 Å². The maximum atomic E-state index is 11.8. The molecule has 1 aliphatic carbocycles. The molecule has 108 valence electrons. The third-order valence-electron chi connectivity index (χ3n) is 3.40. The van der Waals surface area contributed by atoms with Crippen molar-refractivity contribution in [3.05, 3.63) is 34.3 Å². The van der Waals surface area contributed by atoms with Crippen molar-refractivity contribution in [2.45, 2.75) is 31.7 Å². The molecule has 0 radical (unpaired) electrons. The molecule has 0 bridgehead atoms. The molecule has 0 heterocycles. The van der Waals surface area contributed by atoms with Gasteiger partial charge in [0.05, 0.1) is 6.04 Å². The summed E-state index contributed by atoms with van der Waals surface area (Å²) in [4.78, 5) is 22.3. The highest BCUT2D eigenvalue weighted by Crippen LogP contribution is 2.35. The van der Waals surface area contributed by atoms with E-state index in [1.165, 1.54) is 0 Å². The van der Waals surface area contributed by atoms with Gasteiger partial charge < -0.3 is 16.4 Å². The predicted molar refractivity (Wildman–Crippen MR) is 77.5 cm³/mol. The second kappa shape index (κ2) is 6.61. The Balaban J connectivity index is 1.82. The molecule has 1 aromatic rings. The quantitative estimate of drug-likeness (QED) is 0.725. The average Bonchev–Trinajstić information content (AvgIpc) is 2.79. The number of rotatable bonds is 5. The predicted octanol–water partition coefficient (Wildman–Crippen LogP) is 1.89. The summed E-state index contributed by atoms with van der Waals surface area (Å²) in [6, 6.07) is 5.53. The number of primary amides is 1. The van der Waals surface area contributed by atoms with Gasteiger partial charge in [-0.1, -0.05) is 23.7 Å². The van der Waals surface area contributed by atoms with Gasteiger partial charge in [0.25, 0.3) is 0 Å². The smallest absolute Gasteiger partial charge is 0.315 e. The molecule has 0 spiro atoms. The third kappa shape index (κ3) is 3.63. The number of carbonyl (C=O) groups is 2. The summed E-state index contributed by atoms with van der Waals surface area (Å²) < 4.78 is 0. The Morgan fingerprint density at radius 2 is 2.20 bits per heavy atom. The lowest BCUT2D eigenvalue weighted by molar-refractivity contribution is -0.118. The lowest BCUT2D eigenvalue weighted by Crippen LogP contribution is -2.38. The zero-order chi connectivity index (χ0) is 14.5. The number of hydrogen-bond acceptors (Lipinski definition) is 2. The Morgan fingerprint density at radius 3 is 2.95 bits per heavy atom. The van der Waals surface area contributed by atoms with Gasteiger partial charge in [0.2, 0.25) is 5.91 Å².